The molecule has 5 nitrogen and oxygen atoms in total. The number of carbonyl (C=O) groups excluding carboxylic acids is 2. The Morgan fingerprint density at radius 2 is 1.75 bits per heavy atom. The topological polar surface area (TPSA) is 81.4 Å². The summed E-state index contributed by atoms with van der Waals surface area (Å²) >= 11 is 0. The fourth-order valence-corrected chi connectivity index (χ4v) is 1.90. The van der Waals surface area contributed by atoms with Gasteiger partial charge in [0.05, 0.1) is 0 Å². The highest BCUT2D eigenvalue weighted by Crippen LogP contribution is 2.13. The molecule has 24 heavy (non-hydrogen) atoms. The van der Waals surface area contributed by atoms with Crippen molar-refractivity contribution in [3.05, 3.63) is 78.4 Å². The summed E-state index contributed by atoms with van der Waals surface area (Å²) in [6.45, 7) is 4.04. The van der Waals surface area contributed by atoms with Crippen LogP contribution in [0.2, 0.25) is 0 Å². The van der Waals surface area contributed by atoms with Gasteiger partial charge in [0, 0.05) is 17.3 Å². The Hall–Kier alpha value is -3.34. The van der Waals surface area contributed by atoms with Crippen molar-refractivity contribution in [3.63, 3.8) is 0 Å². The first kappa shape index (κ1) is 17.0. The molecule has 0 spiro atoms. The van der Waals surface area contributed by atoms with Crippen LogP contribution in [0.1, 0.15) is 15.9 Å². The third-order valence-corrected chi connectivity index (χ3v) is 3.11. The molecule has 122 valence electrons. The highest BCUT2D eigenvalue weighted by Gasteiger charge is 2.01. The number of anilines is 1. The van der Waals surface area contributed by atoms with Crippen LogP contribution in [-0.4, -0.2) is 18.4 Å². The Labute approximate surface area is 140 Å². The summed E-state index contributed by atoms with van der Waals surface area (Å²) in [4.78, 5) is 22.9. The number of primary amides is 1. The fraction of sp³-hybridized carbons (Fsp3) is 0.0526. The molecule has 2 aromatic rings. The van der Waals surface area contributed by atoms with Crippen LogP contribution in [0.15, 0.2) is 67.3 Å². The lowest BCUT2D eigenvalue weighted by Gasteiger charge is -2.04. The van der Waals surface area contributed by atoms with Gasteiger partial charge in [0.25, 0.3) is 0 Å². The second-order valence-electron chi connectivity index (χ2n) is 4.93. The maximum atomic E-state index is 11.9. The summed E-state index contributed by atoms with van der Waals surface area (Å²) in [7, 11) is 0. The summed E-state index contributed by atoms with van der Waals surface area (Å²) in [5, 5.41) is 2.70. The average Bonchev–Trinajstić information content (AvgIpc) is 2.59. The molecule has 2 rings (SSSR count). The van der Waals surface area contributed by atoms with Crippen molar-refractivity contribution in [3.8, 4) is 5.75 Å². The van der Waals surface area contributed by atoms with Crippen LogP contribution in [0.25, 0.3) is 6.08 Å². The quantitative estimate of drug-likeness (QED) is 0.607. The van der Waals surface area contributed by atoms with Crippen molar-refractivity contribution < 1.29 is 14.3 Å². The number of benzene rings is 2. The fourth-order valence-electron chi connectivity index (χ4n) is 1.90. The van der Waals surface area contributed by atoms with E-state index >= 15 is 0 Å². The maximum Gasteiger partial charge on any atom is 0.248 e. The molecule has 0 aliphatic heterocycles. The summed E-state index contributed by atoms with van der Waals surface area (Å²) < 4.78 is 5.39. The first-order chi connectivity index (χ1) is 11.6. The van der Waals surface area contributed by atoms with Gasteiger partial charge >= 0.3 is 0 Å². The van der Waals surface area contributed by atoms with Crippen LogP contribution < -0.4 is 15.8 Å². The van der Waals surface area contributed by atoms with Gasteiger partial charge < -0.3 is 15.8 Å². The van der Waals surface area contributed by atoms with Crippen molar-refractivity contribution in [2.75, 3.05) is 11.9 Å². The van der Waals surface area contributed by atoms with Gasteiger partial charge in [-0.05, 0) is 48.0 Å². The third kappa shape index (κ3) is 5.14. The van der Waals surface area contributed by atoms with Gasteiger partial charge in [0.1, 0.15) is 12.4 Å². The molecular weight excluding hydrogens is 304 g/mol. The summed E-state index contributed by atoms with van der Waals surface area (Å²) in [6.07, 6.45) is 4.81. The minimum Gasteiger partial charge on any atom is -0.490 e. The van der Waals surface area contributed by atoms with E-state index in [0.29, 0.717) is 17.9 Å². The zero-order valence-electron chi connectivity index (χ0n) is 13.1. The molecule has 5 heteroatoms. The van der Waals surface area contributed by atoms with E-state index in [-0.39, 0.29) is 5.91 Å². The highest BCUT2D eigenvalue weighted by molar-refractivity contribution is 6.02. The number of nitrogens with one attached hydrogen (secondary N) is 1. The van der Waals surface area contributed by atoms with Crippen molar-refractivity contribution in [2.45, 2.75) is 0 Å². The summed E-state index contributed by atoms with van der Waals surface area (Å²) in [6, 6.07) is 13.7. The smallest absolute Gasteiger partial charge is 0.248 e. The lowest BCUT2D eigenvalue weighted by atomic mass is 10.2. The molecule has 0 radical (unpaired) electrons. The molecule has 0 fully saturated rings. The Balaban J connectivity index is 1.92. The molecule has 2 amide bonds. The van der Waals surface area contributed by atoms with E-state index in [1.54, 1.807) is 36.4 Å². The van der Waals surface area contributed by atoms with Crippen LogP contribution in [0.4, 0.5) is 5.69 Å². The molecule has 0 unspecified atom stereocenters. The van der Waals surface area contributed by atoms with Gasteiger partial charge in [-0.3, -0.25) is 9.59 Å². The standard InChI is InChI=1S/C19H18N2O3/c1-2-13-24-17-10-3-14(4-11-17)5-12-18(22)21-16-8-6-15(7-9-16)19(20)23/h2-12H,1,13H2,(H2,20,23)(H,21,22)/b12-5+. The van der Waals surface area contributed by atoms with Gasteiger partial charge in [-0.1, -0.05) is 24.8 Å². The Bertz CT molecular complexity index is 747. The lowest BCUT2D eigenvalue weighted by molar-refractivity contribution is -0.111. The minimum absolute atomic E-state index is 0.270. The van der Waals surface area contributed by atoms with Gasteiger partial charge in [0.15, 0.2) is 0 Å². The van der Waals surface area contributed by atoms with Crippen LogP contribution >= 0.6 is 0 Å². The van der Waals surface area contributed by atoms with Crippen LogP contribution in [0.3, 0.4) is 0 Å². The number of hydrogen-bond acceptors (Lipinski definition) is 3. The summed E-state index contributed by atoms with van der Waals surface area (Å²) in [5.41, 5.74) is 7.02. The molecule has 2 aromatic carbocycles. The Morgan fingerprint density at radius 1 is 1.08 bits per heavy atom. The largest absolute Gasteiger partial charge is 0.490 e. The number of hydrogen-bond donors (Lipinski definition) is 2. The maximum absolute atomic E-state index is 11.9. The molecule has 0 aromatic heterocycles. The first-order valence-electron chi connectivity index (χ1n) is 7.31. The number of carbonyl (C=O) groups is 2. The average molecular weight is 322 g/mol. The van der Waals surface area contributed by atoms with E-state index in [0.717, 1.165) is 11.3 Å². The molecule has 0 aliphatic rings. The van der Waals surface area contributed by atoms with E-state index in [1.807, 2.05) is 24.3 Å². The van der Waals surface area contributed by atoms with Crippen LogP contribution in [0.5, 0.6) is 5.75 Å². The zero-order valence-corrected chi connectivity index (χ0v) is 13.1. The number of nitrogens with two attached hydrogens (primary N) is 1. The Kier molecular flexibility index (Phi) is 5.91. The lowest BCUT2D eigenvalue weighted by Crippen LogP contribution is -2.11. The van der Waals surface area contributed by atoms with Crippen LogP contribution in [-0.2, 0) is 4.79 Å². The Morgan fingerprint density at radius 3 is 2.33 bits per heavy atom. The predicted molar refractivity (Wildman–Crippen MR) is 94.8 cm³/mol. The molecule has 0 atom stereocenters. The number of rotatable bonds is 7. The third-order valence-electron chi connectivity index (χ3n) is 3.11. The van der Waals surface area contributed by atoms with Gasteiger partial charge in [0.2, 0.25) is 11.8 Å². The highest BCUT2D eigenvalue weighted by atomic mass is 16.5. The van der Waals surface area contributed by atoms with E-state index in [2.05, 4.69) is 11.9 Å². The predicted octanol–water partition coefficient (Wildman–Crippen LogP) is 3.00. The van der Waals surface area contributed by atoms with Gasteiger partial charge in [-0.25, -0.2) is 0 Å². The van der Waals surface area contributed by atoms with Crippen LogP contribution in [0, 0.1) is 0 Å². The molecule has 0 saturated carbocycles. The molecule has 3 N–H and O–H groups in total. The number of ether oxygens (including phenoxy) is 1. The summed E-state index contributed by atoms with van der Waals surface area (Å²) in [5.74, 6) is -0.0341. The molecular formula is C19H18N2O3. The van der Waals surface area contributed by atoms with Gasteiger partial charge in [-0.2, -0.15) is 0 Å². The minimum atomic E-state index is -0.506. The van der Waals surface area contributed by atoms with Crippen molar-refractivity contribution in [2.24, 2.45) is 5.73 Å². The van der Waals surface area contributed by atoms with Crippen molar-refractivity contribution >= 4 is 23.6 Å². The van der Waals surface area contributed by atoms with E-state index in [9.17, 15) is 9.59 Å². The zero-order chi connectivity index (χ0) is 17.4. The second kappa shape index (κ2) is 8.33. The monoisotopic (exact) mass is 322 g/mol. The molecule has 0 aliphatic carbocycles. The van der Waals surface area contributed by atoms with Crippen molar-refractivity contribution in [1.29, 1.82) is 0 Å². The molecule has 0 heterocycles. The van der Waals surface area contributed by atoms with E-state index < -0.39 is 5.91 Å². The van der Waals surface area contributed by atoms with E-state index in [4.69, 9.17) is 10.5 Å². The molecule has 0 saturated heterocycles. The first-order valence-corrected chi connectivity index (χ1v) is 7.31. The van der Waals surface area contributed by atoms with Gasteiger partial charge in [-0.15, -0.1) is 0 Å². The second-order valence-corrected chi connectivity index (χ2v) is 4.93. The van der Waals surface area contributed by atoms with E-state index in [1.165, 1.54) is 6.08 Å². The SMILES string of the molecule is C=CCOc1ccc(/C=C/C(=O)Nc2ccc(C(N)=O)cc2)cc1. The normalized spacial score (nSPS) is 10.3. The molecule has 0 bridgehead atoms. The van der Waals surface area contributed by atoms with Crippen molar-refractivity contribution in [1.82, 2.24) is 0 Å². The number of amides is 2.